The van der Waals surface area contributed by atoms with Gasteiger partial charge in [-0.25, -0.2) is 4.39 Å². The Morgan fingerprint density at radius 3 is 2.54 bits per heavy atom. The SMILES string of the molecule is CCN1c2cc(OC)ccc2C(C#N)C1c1ccc(OC)c(F)c1. The van der Waals surface area contributed by atoms with Crippen molar-refractivity contribution in [2.75, 3.05) is 25.7 Å². The van der Waals surface area contributed by atoms with E-state index in [1.54, 1.807) is 13.2 Å². The molecule has 0 aromatic heterocycles. The van der Waals surface area contributed by atoms with Crippen molar-refractivity contribution in [2.45, 2.75) is 18.9 Å². The number of rotatable bonds is 4. The molecule has 24 heavy (non-hydrogen) atoms. The fraction of sp³-hybridized carbons (Fsp3) is 0.316. The average molecular weight is 326 g/mol. The van der Waals surface area contributed by atoms with Gasteiger partial charge in [0.05, 0.1) is 32.2 Å². The molecule has 2 aromatic rings. The van der Waals surface area contributed by atoms with Crippen LogP contribution in [-0.4, -0.2) is 20.8 Å². The van der Waals surface area contributed by atoms with Crippen LogP contribution in [0.1, 0.15) is 30.0 Å². The molecular weight excluding hydrogens is 307 g/mol. The summed E-state index contributed by atoms with van der Waals surface area (Å²) in [4.78, 5) is 2.12. The summed E-state index contributed by atoms with van der Waals surface area (Å²) >= 11 is 0. The Hall–Kier alpha value is -2.74. The average Bonchev–Trinajstić information content (AvgIpc) is 2.93. The first-order valence-electron chi connectivity index (χ1n) is 7.82. The van der Waals surface area contributed by atoms with Gasteiger partial charge in [0.15, 0.2) is 11.6 Å². The predicted molar refractivity (Wildman–Crippen MR) is 90.1 cm³/mol. The Balaban J connectivity index is 2.10. The fourth-order valence-corrected chi connectivity index (χ4v) is 3.41. The molecule has 0 radical (unpaired) electrons. The van der Waals surface area contributed by atoms with E-state index in [4.69, 9.17) is 9.47 Å². The monoisotopic (exact) mass is 326 g/mol. The molecule has 0 amide bonds. The van der Waals surface area contributed by atoms with Gasteiger partial charge in [0.25, 0.3) is 0 Å². The van der Waals surface area contributed by atoms with Crippen molar-refractivity contribution in [3.05, 3.63) is 53.3 Å². The van der Waals surface area contributed by atoms with Gasteiger partial charge in [-0.15, -0.1) is 0 Å². The fourth-order valence-electron chi connectivity index (χ4n) is 3.41. The number of halogens is 1. The lowest BCUT2D eigenvalue weighted by atomic mass is 9.91. The van der Waals surface area contributed by atoms with Crippen LogP contribution in [0.3, 0.4) is 0 Å². The molecule has 2 atom stereocenters. The first kappa shape index (κ1) is 16.1. The minimum Gasteiger partial charge on any atom is -0.497 e. The first-order valence-corrected chi connectivity index (χ1v) is 7.82. The molecule has 0 saturated carbocycles. The summed E-state index contributed by atoms with van der Waals surface area (Å²) in [6, 6.07) is 12.7. The third-order valence-electron chi connectivity index (χ3n) is 4.53. The van der Waals surface area contributed by atoms with Gasteiger partial charge in [0.1, 0.15) is 5.75 Å². The molecule has 0 fully saturated rings. The number of nitrogens with zero attached hydrogens (tertiary/aromatic N) is 2. The predicted octanol–water partition coefficient (Wildman–Crippen LogP) is 4.03. The molecule has 1 aliphatic heterocycles. The van der Waals surface area contributed by atoms with Crippen LogP contribution in [0, 0.1) is 17.1 Å². The second-order valence-corrected chi connectivity index (χ2v) is 5.66. The Bertz CT molecular complexity index is 800. The van der Waals surface area contributed by atoms with Crippen LogP contribution in [0.15, 0.2) is 36.4 Å². The molecule has 0 spiro atoms. The standard InChI is InChI=1S/C19H19FN2O2/c1-4-22-17-10-13(23-2)6-7-14(17)15(11-21)19(22)12-5-8-18(24-3)16(20)9-12/h5-10,15,19H,4H2,1-3H3. The van der Waals surface area contributed by atoms with Crippen LogP contribution in [-0.2, 0) is 0 Å². The maximum atomic E-state index is 14.2. The largest absolute Gasteiger partial charge is 0.497 e. The zero-order valence-electron chi connectivity index (χ0n) is 13.9. The van der Waals surface area contributed by atoms with Crippen molar-refractivity contribution in [2.24, 2.45) is 0 Å². The minimum absolute atomic E-state index is 0.201. The van der Waals surface area contributed by atoms with E-state index in [0.29, 0.717) is 6.54 Å². The summed E-state index contributed by atoms with van der Waals surface area (Å²) in [6.45, 7) is 2.73. The van der Waals surface area contributed by atoms with Gasteiger partial charge in [-0.1, -0.05) is 12.1 Å². The topological polar surface area (TPSA) is 45.5 Å². The van der Waals surface area contributed by atoms with E-state index in [1.165, 1.54) is 13.2 Å². The summed E-state index contributed by atoms with van der Waals surface area (Å²) < 4.78 is 24.5. The molecule has 5 heteroatoms. The summed E-state index contributed by atoms with van der Waals surface area (Å²) in [7, 11) is 3.05. The highest BCUT2D eigenvalue weighted by atomic mass is 19.1. The molecule has 0 saturated heterocycles. The highest BCUT2D eigenvalue weighted by Crippen LogP contribution is 2.49. The smallest absolute Gasteiger partial charge is 0.165 e. The molecular formula is C19H19FN2O2. The van der Waals surface area contributed by atoms with Crippen molar-refractivity contribution in [3.63, 3.8) is 0 Å². The Morgan fingerprint density at radius 2 is 1.96 bits per heavy atom. The first-order chi connectivity index (χ1) is 11.6. The molecule has 2 aromatic carbocycles. The van der Waals surface area contributed by atoms with Crippen molar-refractivity contribution in [1.82, 2.24) is 0 Å². The normalized spacial score (nSPS) is 18.9. The number of benzene rings is 2. The van der Waals surface area contributed by atoms with E-state index in [1.807, 2.05) is 31.2 Å². The van der Waals surface area contributed by atoms with Crippen molar-refractivity contribution in [3.8, 4) is 17.6 Å². The van der Waals surface area contributed by atoms with E-state index in [-0.39, 0.29) is 17.7 Å². The molecule has 3 rings (SSSR count). The minimum atomic E-state index is -0.420. The van der Waals surface area contributed by atoms with E-state index in [2.05, 4.69) is 11.0 Å². The quantitative estimate of drug-likeness (QED) is 0.851. The molecule has 2 unspecified atom stereocenters. The number of nitriles is 1. The van der Waals surface area contributed by atoms with Crippen LogP contribution in [0.2, 0.25) is 0 Å². The van der Waals surface area contributed by atoms with E-state index < -0.39 is 5.82 Å². The summed E-state index contributed by atoms with van der Waals surface area (Å²) in [5, 5.41) is 9.73. The Morgan fingerprint density at radius 1 is 1.17 bits per heavy atom. The van der Waals surface area contributed by atoms with E-state index in [9.17, 15) is 9.65 Å². The van der Waals surface area contributed by atoms with Crippen molar-refractivity contribution >= 4 is 5.69 Å². The number of fused-ring (bicyclic) bond motifs is 1. The van der Waals surface area contributed by atoms with Crippen LogP contribution >= 0.6 is 0 Å². The lowest BCUT2D eigenvalue weighted by Crippen LogP contribution is -2.26. The second kappa shape index (κ2) is 6.40. The highest BCUT2D eigenvalue weighted by Gasteiger charge is 2.39. The summed E-state index contributed by atoms with van der Waals surface area (Å²) in [6.07, 6.45) is 0. The number of methoxy groups -OCH3 is 2. The van der Waals surface area contributed by atoms with Gasteiger partial charge < -0.3 is 14.4 Å². The zero-order valence-corrected chi connectivity index (χ0v) is 13.9. The van der Waals surface area contributed by atoms with Crippen LogP contribution in [0.5, 0.6) is 11.5 Å². The van der Waals surface area contributed by atoms with Gasteiger partial charge in [-0.3, -0.25) is 0 Å². The summed E-state index contributed by atoms with van der Waals surface area (Å²) in [5.74, 6) is 0.160. The van der Waals surface area contributed by atoms with Gasteiger partial charge in [0.2, 0.25) is 0 Å². The van der Waals surface area contributed by atoms with E-state index in [0.717, 1.165) is 22.6 Å². The maximum Gasteiger partial charge on any atom is 0.165 e. The molecule has 0 bridgehead atoms. The number of ether oxygens (including phenoxy) is 2. The number of anilines is 1. The van der Waals surface area contributed by atoms with Gasteiger partial charge in [-0.05, 0) is 36.2 Å². The molecule has 1 aliphatic rings. The Kier molecular flexibility index (Phi) is 4.30. The number of hydrogen-bond donors (Lipinski definition) is 0. The maximum absolute atomic E-state index is 14.2. The molecule has 4 nitrogen and oxygen atoms in total. The van der Waals surface area contributed by atoms with Crippen LogP contribution in [0.25, 0.3) is 0 Å². The van der Waals surface area contributed by atoms with Gasteiger partial charge in [0, 0.05) is 18.3 Å². The van der Waals surface area contributed by atoms with Gasteiger partial charge in [-0.2, -0.15) is 5.26 Å². The molecule has 0 N–H and O–H groups in total. The van der Waals surface area contributed by atoms with Gasteiger partial charge >= 0.3 is 0 Å². The molecule has 124 valence electrons. The second-order valence-electron chi connectivity index (χ2n) is 5.66. The third kappa shape index (κ3) is 2.44. The third-order valence-corrected chi connectivity index (χ3v) is 4.53. The van der Waals surface area contributed by atoms with Crippen LogP contribution in [0.4, 0.5) is 10.1 Å². The number of likely N-dealkylation sites (N-methyl/N-ethyl adjacent to an activating group) is 1. The molecule has 0 aliphatic carbocycles. The van der Waals surface area contributed by atoms with Crippen LogP contribution < -0.4 is 14.4 Å². The Labute approximate surface area is 141 Å². The highest BCUT2D eigenvalue weighted by molar-refractivity contribution is 5.67. The van der Waals surface area contributed by atoms with Crippen molar-refractivity contribution in [1.29, 1.82) is 5.26 Å². The lowest BCUT2D eigenvalue weighted by Gasteiger charge is -2.28. The van der Waals surface area contributed by atoms with E-state index >= 15 is 0 Å². The summed E-state index contributed by atoms with van der Waals surface area (Å²) in [5.41, 5.74) is 2.67. The number of hydrogen-bond acceptors (Lipinski definition) is 4. The zero-order chi connectivity index (χ0) is 17.3. The lowest BCUT2D eigenvalue weighted by molar-refractivity contribution is 0.385. The molecule has 1 heterocycles. The van der Waals surface area contributed by atoms with Crippen molar-refractivity contribution < 1.29 is 13.9 Å².